The molecular formula is C19H24N2O2. The van der Waals surface area contributed by atoms with E-state index in [-0.39, 0.29) is 12.5 Å². The zero-order valence-corrected chi connectivity index (χ0v) is 13.8. The van der Waals surface area contributed by atoms with E-state index < -0.39 is 0 Å². The van der Waals surface area contributed by atoms with Crippen molar-refractivity contribution in [3.05, 3.63) is 59.7 Å². The van der Waals surface area contributed by atoms with Gasteiger partial charge < -0.3 is 15.4 Å². The summed E-state index contributed by atoms with van der Waals surface area (Å²) >= 11 is 0. The van der Waals surface area contributed by atoms with Gasteiger partial charge in [-0.2, -0.15) is 0 Å². The number of ether oxygens (including phenoxy) is 1. The highest BCUT2D eigenvalue weighted by Crippen LogP contribution is 2.18. The van der Waals surface area contributed by atoms with Crippen LogP contribution in [0.2, 0.25) is 0 Å². The number of hydrogen-bond acceptors (Lipinski definition) is 3. The lowest BCUT2D eigenvalue weighted by Gasteiger charge is -2.11. The maximum atomic E-state index is 12.1. The van der Waals surface area contributed by atoms with E-state index in [1.165, 1.54) is 0 Å². The molecule has 2 aromatic rings. The smallest absolute Gasteiger partial charge is 0.262 e. The number of benzene rings is 2. The predicted molar refractivity (Wildman–Crippen MR) is 93.8 cm³/mol. The summed E-state index contributed by atoms with van der Waals surface area (Å²) in [4.78, 5) is 12.1. The van der Waals surface area contributed by atoms with E-state index in [4.69, 9.17) is 4.74 Å². The number of hydrogen-bond donors (Lipinski definition) is 2. The van der Waals surface area contributed by atoms with Gasteiger partial charge in [-0.05, 0) is 42.3 Å². The SMILES string of the molecule is CCNCc1cccc(NC(=O)COc2ccccc2CC)c1. The van der Waals surface area contributed by atoms with Crippen LogP contribution in [0.4, 0.5) is 5.69 Å². The van der Waals surface area contributed by atoms with Crippen LogP contribution in [0.5, 0.6) is 5.75 Å². The number of aryl methyl sites for hydroxylation is 1. The minimum absolute atomic E-state index is 0.00838. The second-order valence-corrected chi connectivity index (χ2v) is 5.28. The second kappa shape index (κ2) is 8.96. The molecule has 0 saturated carbocycles. The van der Waals surface area contributed by atoms with Crippen LogP contribution in [0.25, 0.3) is 0 Å². The van der Waals surface area contributed by atoms with Crippen molar-refractivity contribution < 1.29 is 9.53 Å². The third-order valence-corrected chi connectivity index (χ3v) is 3.50. The molecule has 0 bridgehead atoms. The molecule has 0 unspecified atom stereocenters. The van der Waals surface area contributed by atoms with E-state index in [1.807, 2.05) is 48.5 Å². The van der Waals surface area contributed by atoms with Gasteiger partial charge in [0, 0.05) is 12.2 Å². The fraction of sp³-hybridized carbons (Fsp3) is 0.316. The van der Waals surface area contributed by atoms with E-state index in [0.29, 0.717) is 0 Å². The number of carbonyl (C=O) groups is 1. The fourth-order valence-corrected chi connectivity index (χ4v) is 2.31. The van der Waals surface area contributed by atoms with Crippen LogP contribution < -0.4 is 15.4 Å². The van der Waals surface area contributed by atoms with Crippen LogP contribution in [0.3, 0.4) is 0 Å². The van der Waals surface area contributed by atoms with Gasteiger partial charge in [0.15, 0.2) is 6.61 Å². The minimum Gasteiger partial charge on any atom is -0.483 e. The van der Waals surface area contributed by atoms with Gasteiger partial charge in [0.05, 0.1) is 0 Å². The van der Waals surface area contributed by atoms with Crippen LogP contribution in [-0.4, -0.2) is 19.1 Å². The molecule has 0 aliphatic rings. The molecule has 0 aromatic heterocycles. The molecule has 0 aliphatic heterocycles. The van der Waals surface area contributed by atoms with Crippen molar-refractivity contribution in [3.8, 4) is 5.75 Å². The Bertz CT molecular complexity index is 641. The maximum absolute atomic E-state index is 12.1. The lowest BCUT2D eigenvalue weighted by Crippen LogP contribution is -2.20. The molecule has 0 saturated heterocycles. The molecule has 2 aromatic carbocycles. The van der Waals surface area contributed by atoms with Gasteiger partial charge >= 0.3 is 0 Å². The summed E-state index contributed by atoms with van der Waals surface area (Å²) in [5.41, 5.74) is 3.03. The van der Waals surface area contributed by atoms with Gasteiger partial charge in [-0.3, -0.25) is 4.79 Å². The normalized spacial score (nSPS) is 10.3. The first kappa shape index (κ1) is 17.0. The molecule has 23 heavy (non-hydrogen) atoms. The number of para-hydroxylation sites is 1. The van der Waals surface area contributed by atoms with Gasteiger partial charge in [0.1, 0.15) is 5.75 Å². The first-order chi connectivity index (χ1) is 11.2. The van der Waals surface area contributed by atoms with Crippen molar-refractivity contribution >= 4 is 11.6 Å². The molecule has 0 aliphatic carbocycles. The largest absolute Gasteiger partial charge is 0.483 e. The third kappa shape index (κ3) is 5.42. The van der Waals surface area contributed by atoms with E-state index in [2.05, 4.69) is 24.5 Å². The molecule has 4 nitrogen and oxygen atoms in total. The average molecular weight is 312 g/mol. The molecule has 1 amide bonds. The predicted octanol–water partition coefficient (Wildman–Crippen LogP) is 3.38. The fourth-order valence-electron chi connectivity index (χ4n) is 2.31. The Labute approximate surface area is 137 Å². The molecule has 122 valence electrons. The summed E-state index contributed by atoms with van der Waals surface area (Å²) in [6.07, 6.45) is 0.879. The monoisotopic (exact) mass is 312 g/mol. The second-order valence-electron chi connectivity index (χ2n) is 5.28. The van der Waals surface area contributed by atoms with E-state index >= 15 is 0 Å². The number of anilines is 1. The molecule has 0 atom stereocenters. The minimum atomic E-state index is -0.156. The average Bonchev–Trinajstić information content (AvgIpc) is 2.58. The molecular weight excluding hydrogens is 288 g/mol. The Morgan fingerprint density at radius 3 is 2.70 bits per heavy atom. The van der Waals surface area contributed by atoms with Crippen LogP contribution in [0.1, 0.15) is 25.0 Å². The number of rotatable bonds is 8. The van der Waals surface area contributed by atoms with Gasteiger partial charge in [-0.25, -0.2) is 0 Å². The van der Waals surface area contributed by atoms with Gasteiger partial charge in [0.25, 0.3) is 5.91 Å². The van der Waals surface area contributed by atoms with Gasteiger partial charge in [-0.1, -0.05) is 44.2 Å². The first-order valence-corrected chi connectivity index (χ1v) is 8.03. The summed E-state index contributed by atoms with van der Waals surface area (Å²) in [5.74, 6) is 0.613. The van der Waals surface area contributed by atoms with Crippen molar-refractivity contribution in [1.82, 2.24) is 5.32 Å². The molecule has 0 spiro atoms. The van der Waals surface area contributed by atoms with Crippen molar-refractivity contribution in [2.24, 2.45) is 0 Å². The van der Waals surface area contributed by atoms with Crippen molar-refractivity contribution in [2.75, 3.05) is 18.5 Å². The van der Waals surface area contributed by atoms with E-state index in [1.54, 1.807) is 0 Å². The quantitative estimate of drug-likeness (QED) is 0.785. The highest BCUT2D eigenvalue weighted by atomic mass is 16.5. The summed E-state index contributed by atoms with van der Waals surface area (Å²) in [6.45, 7) is 5.85. The van der Waals surface area contributed by atoms with E-state index in [0.717, 1.165) is 42.1 Å². The standard InChI is InChI=1S/C19H24N2O2/c1-3-16-9-5-6-11-18(16)23-14-19(22)21-17-10-7-8-15(12-17)13-20-4-2/h5-12,20H,3-4,13-14H2,1-2H3,(H,21,22). The summed E-state index contributed by atoms with van der Waals surface area (Å²) < 4.78 is 5.63. The lowest BCUT2D eigenvalue weighted by molar-refractivity contribution is -0.118. The van der Waals surface area contributed by atoms with Gasteiger partial charge in [0.2, 0.25) is 0 Å². The third-order valence-electron chi connectivity index (χ3n) is 3.50. The van der Waals surface area contributed by atoms with E-state index in [9.17, 15) is 4.79 Å². The van der Waals surface area contributed by atoms with Crippen LogP contribution in [-0.2, 0) is 17.8 Å². The zero-order chi connectivity index (χ0) is 16.5. The van der Waals surface area contributed by atoms with Gasteiger partial charge in [-0.15, -0.1) is 0 Å². The Morgan fingerprint density at radius 2 is 1.91 bits per heavy atom. The summed E-state index contributed by atoms with van der Waals surface area (Å²) in [5, 5.41) is 6.14. The van der Waals surface area contributed by atoms with Crippen LogP contribution in [0, 0.1) is 0 Å². The molecule has 2 N–H and O–H groups in total. The topological polar surface area (TPSA) is 50.4 Å². The summed E-state index contributed by atoms with van der Waals surface area (Å²) in [6, 6.07) is 15.6. The van der Waals surface area contributed by atoms with Crippen LogP contribution in [0.15, 0.2) is 48.5 Å². The Balaban J connectivity index is 1.89. The highest BCUT2D eigenvalue weighted by Gasteiger charge is 2.06. The summed E-state index contributed by atoms with van der Waals surface area (Å²) in [7, 11) is 0. The van der Waals surface area contributed by atoms with Crippen molar-refractivity contribution in [1.29, 1.82) is 0 Å². The molecule has 2 rings (SSSR count). The Morgan fingerprint density at radius 1 is 1.09 bits per heavy atom. The zero-order valence-electron chi connectivity index (χ0n) is 13.8. The molecule has 0 fully saturated rings. The molecule has 4 heteroatoms. The number of amides is 1. The lowest BCUT2D eigenvalue weighted by atomic mass is 10.1. The van der Waals surface area contributed by atoms with Crippen molar-refractivity contribution in [3.63, 3.8) is 0 Å². The van der Waals surface area contributed by atoms with Crippen molar-refractivity contribution in [2.45, 2.75) is 26.8 Å². The number of nitrogens with one attached hydrogen (secondary N) is 2. The maximum Gasteiger partial charge on any atom is 0.262 e. The molecule has 0 radical (unpaired) electrons. The van der Waals surface area contributed by atoms with Crippen LogP contribution >= 0.6 is 0 Å². The first-order valence-electron chi connectivity index (χ1n) is 8.03. The Hall–Kier alpha value is -2.33. The Kier molecular flexibility index (Phi) is 6.63. The highest BCUT2D eigenvalue weighted by molar-refractivity contribution is 5.91. The number of carbonyl (C=O) groups excluding carboxylic acids is 1. The molecule has 0 heterocycles.